The van der Waals surface area contributed by atoms with Crippen molar-refractivity contribution in [3.63, 3.8) is 0 Å². The van der Waals surface area contributed by atoms with Crippen molar-refractivity contribution in [1.82, 2.24) is 0 Å². The molecule has 10 aromatic rings. The molecule has 1 heterocycles. The Morgan fingerprint density at radius 3 is 1.33 bits per heavy atom. The molecule has 0 bridgehead atoms. The van der Waals surface area contributed by atoms with Gasteiger partial charge < -0.3 is 4.42 Å². The van der Waals surface area contributed by atoms with Crippen LogP contribution in [0.25, 0.3) is 98.8 Å². The van der Waals surface area contributed by atoms with Gasteiger partial charge in [0.15, 0.2) is 0 Å². The molecule has 276 valence electrons. The fourth-order valence-electron chi connectivity index (χ4n) is 9.71. The van der Waals surface area contributed by atoms with Gasteiger partial charge in [0.1, 0.15) is 11.2 Å². The summed E-state index contributed by atoms with van der Waals surface area (Å²) in [5, 5.41) is 10.3. The Bertz CT molecular complexity index is 3210. The molecule has 0 unspecified atom stereocenters. The summed E-state index contributed by atoms with van der Waals surface area (Å²) in [5.41, 5.74) is 22.8. The molecule has 0 aliphatic rings. The van der Waals surface area contributed by atoms with Crippen LogP contribution in [-0.2, 0) is 0 Å². The lowest BCUT2D eigenvalue weighted by molar-refractivity contribution is 0.670. The highest BCUT2D eigenvalue weighted by molar-refractivity contribution is 6.25. The van der Waals surface area contributed by atoms with Crippen LogP contribution in [0, 0.1) is 55.4 Å². The summed E-state index contributed by atoms with van der Waals surface area (Å²) in [5.74, 6) is 0. The van der Waals surface area contributed by atoms with Crippen LogP contribution in [0.3, 0.4) is 0 Å². The Kier molecular flexibility index (Phi) is 8.03. The normalized spacial score (nSPS) is 11.9. The van der Waals surface area contributed by atoms with E-state index in [2.05, 4.69) is 189 Å². The lowest BCUT2D eigenvalue weighted by Crippen LogP contribution is -2.03. The highest BCUT2D eigenvalue weighted by Crippen LogP contribution is 2.51. The zero-order valence-corrected chi connectivity index (χ0v) is 34.1. The molecular formula is C56H46O. The van der Waals surface area contributed by atoms with Crippen molar-refractivity contribution in [3.8, 4) is 44.5 Å². The minimum Gasteiger partial charge on any atom is -0.455 e. The average Bonchev–Trinajstić information content (AvgIpc) is 3.63. The molecule has 1 aromatic heterocycles. The highest BCUT2D eigenvalue weighted by atomic mass is 16.3. The topological polar surface area (TPSA) is 13.1 Å². The fraction of sp³-hybridized carbons (Fsp3) is 0.143. The van der Waals surface area contributed by atoms with Gasteiger partial charge in [0.25, 0.3) is 0 Å². The minimum atomic E-state index is 0.909. The van der Waals surface area contributed by atoms with E-state index >= 15 is 0 Å². The molecule has 1 nitrogen and oxygen atoms in total. The Hall–Kier alpha value is -6.44. The standard InChI is InChI=1S/C56H46O/c1-31-33(3)37(7)52-50(35(31)5)54(40-18-13-10-14-19-40)51-36(6)32(2)34(4)38(8)53(51)55(52)45-25-24-41-28-42(22-23-43(41)29-45)44-26-27-49-48(30-44)47-21-15-20-46(56(47)57-49)39-16-11-9-12-17-39/h9-30H,1-8H3. The predicted octanol–water partition coefficient (Wildman–Crippen LogP) is 16.2. The van der Waals surface area contributed by atoms with E-state index in [0.29, 0.717) is 0 Å². The van der Waals surface area contributed by atoms with Gasteiger partial charge in [0, 0.05) is 16.3 Å². The van der Waals surface area contributed by atoms with Crippen LogP contribution in [0.1, 0.15) is 44.5 Å². The smallest absolute Gasteiger partial charge is 0.143 e. The first-order chi connectivity index (χ1) is 27.6. The fourth-order valence-corrected chi connectivity index (χ4v) is 9.71. The van der Waals surface area contributed by atoms with Crippen molar-refractivity contribution in [2.75, 3.05) is 0 Å². The molecule has 1 heteroatoms. The van der Waals surface area contributed by atoms with Crippen molar-refractivity contribution in [2.45, 2.75) is 55.4 Å². The molecule has 0 aliphatic carbocycles. The van der Waals surface area contributed by atoms with Crippen LogP contribution in [0.5, 0.6) is 0 Å². The maximum Gasteiger partial charge on any atom is 0.143 e. The SMILES string of the molecule is Cc1c(C)c(C)c2c(-c3ccc4cc(-c5ccc6oc7c(-c8ccccc8)cccc7c6c5)ccc4c3)c3c(C)c(C)c(C)c(C)c3c(-c3ccccc3)c2c1C. The second kappa shape index (κ2) is 13.1. The first-order valence-corrected chi connectivity index (χ1v) is 20.2. The first kappa shape index (κ1) is 35.0. The third kappa shape index (κ3) is 5.22. The van der Waals surface area contributed by atoms with E-state index in [1.54, 1.807) is 0 Å². The Morgan fingerprint density at radius 2 is 0.772 bits per heavy atom. The second-order valence-corrected chi connectivity index (χ2v) is 16.3. The molecule has 10 rings (SSSR count). The van der Waals surface area contributed by atoms with Crippen molar-refractivity contribution in [1.29, 1.82) is 0 Å². The number of aryl methyl sites for hydroxylation is 4. The summed E-state index contributed by atoms with van der Waals surface area (Å²) in [6.07, 6.45) is 0. The van der Waals surface area contributed by atoms with E-state index in [1.807, 2.05) is 0 Å². The Labute approximate surface area is 335 Å². The summed E-state index contributed by atoms with van der Waals surface area (Å²) in [7, 11) is 0. The predicted molar refractivity (Wildman–Crippen MR) is 246 cm³/mol. The maximum atomic E-state index is 6.51. The van der Waals surface area contributed by atoms with Crippen molar-refractivity contribution in [2.24, 2.45) is 0 Å². The Balaban J connectivity index is 1.19. The summed E-state index contributed by atoms with van der Waals surface area (Å²) in [4.78, 5) is 0. The van der Waals surface area contributed by atoms with E-state index in [9.17, 15) is 0 Å². The van der Waals surface area contributed by atoms with Gasteiger partial charge in [-0.2, -0.15) is 0 Å². The molecule has 0 fully saturated rings. The zero-order chi connectivity index (χ0) is 39.3. The number of hydrogen-bond donors (Lipinski definition) is 0. The van der Waals surface area contributed by atoms with Gasteiger partial charge >= 0.3 is 0 Å². The van der Waals surface area contributed by atoms with Crippen LogP contribution in [0.2, 0.25) is 0 Å². The van der Waals surface area contributed by atoms with Crippen molar-refractivity contribution < 1.29 is 4.42 Å². The first-order valence-electron chi connectivity index (χ1n) is 20.2. The molecule has 0 amide bonds. The lowest BCUT2D eigenvalue weighted by atomic mass is 9.76. The van der Waals surface area contributed by atoms with E-state index < -0.39 is 0 Å². The largest absolute Gasteiger partial charge is 0.455 e. The summed E-state index contributed by atoms with van der Waals surface area (Å²) in [6.45, 7) is 18.6. The third-order valence-corrected chi connectivity index (χ3v) is 13.5. The molecule has 0 aliphatic heterocycles. The van der Waals surface area contributed by atoms with Crippen LogP contribution >= 0.6 is 0 Å². The van der Waals surface area contributed by atoms with E-state index in [4.69, 9.17) is 4.42 Å². The number of rotatable bonds is 4. The van der Waals surface area contributed by atoms with Gasteiger partial charge in [-0.15, -0.1) is 0 Å². The van der Waals surface area contributed by atoms with Gasteiger partial charge in [0.2, 0.25) is 0 Å². The minimum absolute atomic E-state index is 0.909. The van der Waals surface area contributed by atoms with Crippen molar-refractivity contribution in [3.05, 3.63) is 178 Å². The quantitative estimate of drug-likeness (QED) is 0.164. The molecule has 0 saturated heterocycles. The van der Waals surface area contributed by atoms with Gasteiger partial charge in [-0.25, -0.2) is 0 Å². The van der Waals surface area contributed by atoms with E-state index in [1.165, 1.54) is 110 Å². The van der Waals surface area contributed by atoms with Gasteiger partial charge in [-0.05, 0) is 195 Å². The zero-order valence-electron chi connectivity index (χ0n) is 34.1. The molecule has 0 radical (unpaired) electrons. The van der Waals surface area contributed by atoms with E-state index in [-0.39, 0.29) is 0 Å². The van der Waals surface area contributed by atoms with Crippen molar-refractivity contribution >= 4 is 54.3 Å². The van der Waals surface area contributed by atoms with Crippen LogP contribution in [0.15, 0.2) is 138 Å². The highest BCUT2D eigenvalue weighted by Gasteiger charge is 2.26. The second-order valence-electron chi connectivity index (χ2n) is 16.3. The van der Waals surface area contributed by atoms with Gasteiger partial charge in [-0.1, -0.05) is 109 Å². The molecule has 0 spiro atoms. The molecule has 0 saturated carbocycles. The molecule has 0 atom stereocenters. The van der Waals surface area contributed by atoms with Crippen LogP contribution in [-0.4, -0.2) is 0 Å². The van der Waals surface area contributed by atoms with Gasteiger partial charge in [0.05, 0.1) is 0 Å². The maximum absolute atomic E-state index is 6.51. The number of para-hydroxylation sites is 1. The Morgan fingerprint density at radius 1 is 0.316 bits per heavy atom. The lowest BCUT2D eigenvalue weighted by Gasteiger charge is -2.27. The number of benzene rings is 9. The number of hydrogen-bond acceptors (Lipinski definition) is 1. The summed E-state index contributed by atoms with van der Waals surface area (Å²) < 4.78 is 6.51. The number of fused-ring (bicyclic) bond motifs is 6. The number of furan rings is 1. The summed E-state index contributed by atoms with van der Waals surface area (Å²) >= 11 is 0. The molecular weight excluding hydrogens is 689 g/mol. The average molecular weight is 735 g/mol. The molecule has 57 heavy (non-hydrogen) atoms. The third-order valence-electron chi connectivity index (χ3n) is 13.5. The van der Waals surface area contributed by atoms with Gasteiger partial charge in [-0.3, -0.25) is 0 Å². The monoisotopic (exact) mass is 734 g/mol. The van der Waals surface area contributed by atoms with E-state index in [0.717, 1.165) is 33.1 Å². The molecule has 9 aromatic carbocycles. The van der Waals surface area contributed by atoms with Crippen LogP contribution < -0.4 is 0 Å². The summed E-state index contributed by atoms with van der Waals surface area (Å²) in [6, 6.07) is 48.7. The van der Waals surface area contributed by atoms with Crippen LogP contribution in [0.4, 0.5) is 0 Å². The molecule has 0 N–H and O–H groups in total.